The average molecular weight is 295 g/mol. The molecule has 0 aromatic heterocycles. The molecule has 0 saturated heterocycles. The maximum Gasteiger partial charge on any atom is 0.411 e. The van der Waals surface area contributed by atoms with Crippen LogP contribution in [0.5, 0.6) is 0 Å². The maximum absolute atomic E-state index is 13.2. The quantitative estimate of drug-likeness (QED) is 0.864. The number of hydrogen-bond donors (Lipinski definition) is 1. The molecule has 2 rings (SSSR count). The predicted molar refractivity (Wildman–Crippen MR) is 73.3 cm³/mol. The summed E-state index contributed by atoms with van der Waals surface area (Å²) in [5.74, 6) is -1.54. The van der Waals surface area contributed by atoms with E-state index >= 15 is 0 Å². The van der Waals surface area contributed by atoms with Crippen LogP contribution in [0.15, 0.2) is 18.2 Å². The van der Waals surface area contributed by atoms with Crippen LogP contribution in [0, 0.1) is 5.82 Å². The molecular weight excluding hydrogens is 277 g/mol. The highest BCUT2D eigenvalue weighted by Crippen LogP contribution is 2.26. The van der Waals surface area contributed by atoms with Gasteiger partial charge in [-0.25, -0.2) is 14.0 Å². The molecule has 1 heterocycles. The molecule has 1 aliphatic rings. The first-order chi connectivity index (χ1) is 9.67. The molecule has 0 saturated carbocycles. The fourth-order valence-electron chi connectivity index (χ4n) is 2.28. The molecule has 0 bridgehead atoms. The molecule has 21 heavy (non-hydrogen) atoms. The average Bonchev–Trinajstić information content (AvgIpc) is 2.34. The lowest BCUT2D eigenvalue weighted by molar-refractivity contribution is -0.143. The number of nitrogens with zero attached hydrogens (tertiary/aromatic N) is 1. The van der Waals surface area contributed by atoms with Crippen molar-refractivity contribution >= 4 is 12.1 Å². The number of hydrogen-bond acceptors (Lipinski definition) is 3. The highest BCUT2D eigenvalue weighted by Gasteiger charge is 2.37. The van der Waals surface area contributed by atoms with Crippen molar-refractivity contribution in [1.82, 2.24) is 4.90 Å². The summed E-state index contributed by atoms with van der Waals surface area (Å²) in [6, 6.07) is 3.14. The molecule has 0 aliphatic carbocycles. The third kappa shape index (κ3) is 3.51. The van der Waals surface area contributed by atoms with Crippen LogP contribution in [0.1, 0.15) is 31.9 Å². The summed E-state index contributed by atoms with van der Waals surface area (Å²) in [5.41, 5.74) is 0.644. The van der Waals surface area contributed by atoms with Gasteiger partial charge in [-0.05, 0) is 44.0 Å². The number of aliphatic carboxylic acids is 1. The van der Waals surface area contributed by atoms with Gasteiger partial charge in [0.05, 0.1) is 6.54 Å². The van der Waals surface area contributed by atoms with Gasteiger partial charge in [0.1, 0.15) is 17.5 Å². The SMILES string of the molecule is CC(C)(C)OC(=O)N1Cc2ccc(F)cc2C[C@H]1C(=O)O. The molecule has 1 aliphatic heterocycles. The summed E-state index contributed by atoms with van der Waals surface area (Å²) in [6.45, 7) is 5.25. The van der Waals surface area contributed by atoms with E-state index in [9.17, 15) is 19.1 Å². The van der Waals surface area contributed by atoms with Gasteiger partial charge in [0, 0.05) is 6.42 Å². The Labute approximate surface area is 122 Å². The molecule has 6 heteroatoms. The maximum atomic E-state index is 13.2. The molecule has 0 fully saturated rings. The Kier molecular flexibility index (Phi) is 3.89. The Bertz CT molecular complexity index is 580. The first-order valence-corrected chi connectivity index (χ1v) is 6.67. The topological polar surface area (TPSA) is 66.8 Å². The van der Waals surface area contributed by atoms with Gasteiger partial charge in [-0.3, -0.25) is 4.90 Å². The van der Waals surface area contributed by atoms with Crippen LogP contribution in [0.2, 0.25) is 0 Å². The van der Waals surface area contributed by atoms with Crippen molar-refractivity contribution in [3.05, 3.63) is 35.1 Å². The van der Waals surface area contributed by atoms with Crippen molar-refractivity contribution in [3.8, 4) is 0 Å². The Morgan fingerprint density at radius 3 is 2.57 bits per heavy atom. The molecule has 1 aromatic rings. The summed E-state index contributed by atoms with van der Waals surface area (Å²) < 4.78 is 18.5. The number of amides is 1. The minimum Gasteiger partial charge on any atom is -0.480 e. The highest BCUT2D eigenvalue weighted by molar-refractivity contribution is 5.81. The van der Waals surface area contributed by atoms with Crippen LogP contribution in [0.3, 0.4) is 0 Å². The standard InChI is InChI=1S/C15H18FNO4/c1-15(2,3)21-14(20)17-8-9-4-5-11(16)6-10(9)7-12(17)13(18)19/h4-6,12H,7-8H2,1-3H3,(H,18,19)/t12-/m0/s1. The second kappa shape index (κ2) is 5.35. The first-order valence-electron chi connectivity index (χ1n) is 6.67. The van der Waals surface area contributed by atoms with Crippen LogP contribution in [-0.2, 0) is 22.5 Å². The summed E-state index contributed by atoms with van der Waals surface area (Å²) >= 11 is 0. The largest absolute Gasteiger partial charge is 0.480 e. The highest BCUT2D eigenvalue weighted by atomic mass is 19.1. The normalized spacial score (nSPS) is 18.1. The lowest BCUT2D eigenvalue weighted by atomic mass is 9.94. The molecule has 0 spiro atoms. The number of ether oxygens (including phenoxy) is 1. The fourth-order valence-corrected chi connectivity index (χ4v) is 2.28. The van der Waals surface area contributed by atoms with Gasteiger partial charge in [0.25, 0.3) is 0 Å². The number of halogens is 1. The van der Waals surface area contributed by atoms with Crippen molar-refractivity contribution in [2.75, 3.05) is 0 Å². The van der Waals surface area contributed by atoms with Gasteiger partial charge in [-0.15, -0.1) is 0 Å². The number of rotatable bonds is 1. The van der Waals surface area contributed by atoms with Crippen molar-refractivity contribution < 1.29 is 23.8 Å². The molecule has 1 N–H and O–H groups in total. The monoisotopic (exact) mass is 295 g/mol. The second-order valence-corrected chi connectivity index (χ2v) is 6.08. The van der Waals surface area contributed by atoms with E-state index in [-0.39, 0.29) is 13.0 Å². The van der Waals surface area contributed by atoms with E-state index in [1.54, 1.807) is 26.8 Å². The van der Waals surface area contributed by atoms with Crippen LogP contribution >= 0.6 is 0 Å². The Morgan fingerprint density at radius 2 is 2.00 bits per heavy atom. The molecule has 0 radical (unpaired) electrons. The van der Waals surface area contributed by atoms with Gasteiger partial charge in [0.2, 0.25) is 0 Å². The van der Waals surface area contributed by atoms with Crippen molar-refractivity contribution in [1.29, 1.82) is 0 Å². The first kappa shape index (κ1) is 15.3. The van der Waals surface area contributed by atoms with Gasteiger partial charge < -0.3 is 9.84 Å². The fraction of sp³-hybridized carbons (Fsp3) is 0.467. The molecule has 114 valence electrons. The van der Waals surface area contributed by atoms with Gasteiger partial charge >= 0.3 is 12.1 Å². The summed E-state index contributed by atoms with van der Waals surface area (Å²) in [4.78, 5) is 24.7. The lowest BCUT2D eigenvalue weighted by Gasteiger charge is -2.35. The number of carbonyl (C=O) groups is 2. The lowest BCUT2D eigenvalue weighted by Crippen LogP contribution is -2.50. The van der Waals surface area contributed by atoms with E-state index in [4.69, 9.17) is 4.74 Å². The van der Waals surface area contributed by atoms with E-state index in [0.717, 1.165) is 5.56 Å². The van der Waals surface area contributed by atoms with Crippen molar-refractivity contribution in [2.24, 2.45) is 0 Å². The Hall–Kier alpha value is -2.11. The number of carbonyl (C=O) groups excluding carboxylic acids is 1. The van der Waals surface area contributed by atoms with E-state index < -0.39 is 29.5 Å². The van der Waals surface area contributed by atoms with Crippen LogP contribution in [0.4, 0.5) is 9.18 Å². The third-order valence-electron chi connectivity index (χ3n) is 3.21. The van der Waals surface area contributed by atoms with Crippen molar-refractivity contribution in [2.45, 2.75) is 45.4 Å². The molecule has 0 unspecified atom stereocenters. The minimum atomic E-state index is -1.13. The predicted octanol–water partition coefficient (Wildman–Crippen LogP) is 2.57. The van der Waals surface area contributed by atoms with E-state index in [2.05, 4.69) is 0 Å². The zero-order chi connectivity index (χ0) is 15.8. The summed E-state index contributed by atoms with van der Waals surface area (Å²) in [6.07, 6.45) is -0.605. The molecule has 5 nitrogen and oxygen atoms in total. The Morgan fingerprint density at radius 1 is 1.33 bits per heavy atom. The van der Waals surface area contributed by atoms with Crippen LogP contribution < -0.4 is 0 Å². The zero-order valence-electron chi connectivity index (χ0n) is 12.2. The number of fused-ring (bicyclic) bond motifs is 1. The smallest absolute Gasteiger partial charge is 0.411 e. The molecular formula is C15H18FNO4. The van der Waals surface area contributed by atoms with Gasteiger partial charge in [-0.2, -0.15) is 0 Å². The zero-order valence-corrected chi connectivity index (χ0v) is 12.2. The second-order valence-electron chi connectivity index (χ2n) is 6.08. The summed E-state index contributed by atoms with van der Waals surface area (Å²) in [5, 5.41) is 9.31. The molecule has 1 aromatic carbocycles. The number of benzene rings is 1. The van der Waals surface area contributed by atoms with Crippen LogP contribution in [0.25, 0.3) is 0 Å². The molecule has 1 atom stereocenters. The Balaban J connectivity index is 2.30. The summed E-state index contributed by atoms with van der Waals surface area (Å²) in [7, 11) is 0. The number of carboxylic acids is 1. The van der Waals surface area contributed by atoms with Gasteiger partial charge in [-0.1, -0.05) is 6.07 Å². The van der Waals surface area contributed by atoms with Crippen molar-refractivity contribution in [3.63, 3.8) is 0 Å². The minimum absolute atomic E-state index is 0.0711. The van der Waals surface area contributed by atoms with E-state index in [0.29, 0.717) is 5.56 Å². The van der Waals surface area contributed by atoms with Crippen LogP contribution in [-0.4, -0.2) is 33.7 Å². The van der Waals surface area contributed by atoms with E-state index in [1.807, 2.05) is 0 Å². The molecule has 1 amide bonds. The third-order valence-corrected chi connectivity index (χ3v) is 3.21. The van der Waals surface area contributed by atoms with Gasteiger partial charge in [0.15, 0.2) is 0 Å². The number of carboxylic acid groups (broad SMARTS) is 1. The van der Waals surface area contributed by atoms with E-state index in [1.165, 1.54) is 17.0 Å².